The molecule has 0 radical (unpaired) electrons. The number of likely N-dealkylation sites (tertiary alicyclic amines) is 1. The van der Waals surface area contributed by atoms with E-state index in [1.807, 2.05) is 4.90 Å². The fraction of sp³-hybridized carbons (Fsp3) is 0.250. The van der Waals surface area contributed by atoms with Gasteiger partial charge in [0.25, 0.3) is 5.91 Å². The maximum atomic E-state index is 13.7. The molecule has 2 N–H and O–H groups in total. The third-order valence-corrected chi connectivity index (χ3v) is 5.16. The first-order chi connectivity index (χ1) is 14.7. The number of carbonyl (C=O) groups is 1. The first-order valence-corrected chi connectivity index (χ1v) is 9.68. The lowest BCUT2D eigenvalue weighted by atomic mass is 10.0. The maximum absolute atomic E-state index is 13.7. The molecule has 0 saturated carbocycles. The van der Waals surface area contributed by atoms with Gasteiger partial charge < -0.3 is 10.2 Å². The summed E-state index contributed by atoms with van der Waals surface area (Å²) in [5.74, 6) is 0.696. The largest absolute Gasteiger partial charge is 0.365 e. The van der Waals surface area contributed by atoms with E-state index in [4.69, 9.17) is 0 Å². The molecule has 4 aromatic rings. The van der Waals surface area contributed by atoms with Crippen LogP contribution < -0.4 is 5.32 Å². The smallest absolute Gasteiger partial charge is 0.257 e. The van der Waals surface area contributed by atoms with E-state index in [1.165, 1.54) is 18.5 Å². The summed E-state index contributed by atoms with van der Waals surface area (Å²) in [6.45, 7) is 1.29. The number of pyridine rings is 1. The van der Waals surface area contributed by atoms with Crippen molar-refractivity contribution in [1.29, 1.82) is 0 Å². The molecule has 30 heavy (non-hydrogen) atoms. The molecule has 0 spiro atoms. The highest BCUT2D eigenvalue weighted by Gasteiger charge is 2.25. The second-order valence-corrected chi connectivity index (χ2v) is 7.21. The highest BCUT2D eigenvalue weighted by molar-refractivity contribution is 5.93. The topological polar surface area (TPSA) is 104 Å². The zero-order chi connectivity index (χ0) is 20.5. The summed E-state index contributed by atoms with van der Waals surface area (Å²) in [4.78, 5) is 27.6. The van der Waals surface area contributed by atoms with Gasteiger partial charge >= 0.3 is 0 Å². The van der Waals surface area contributed by atoms with E-state index in [0.29, 0.717) is 41.6 Å². The molecule has 152 valence electrons. The summed E-state index contributed by atoms with van der Waals surface area (Å²) in [7, 11) is 0. The van der Waals surface area contributed by atoms with Crippen molar-refractivity contribution in [1.82, 2.24) is 34.4 Å². The zero-order valence-electron chi connectivity index (χ0n) is 16.0. The van der Waals surface area contributed by atoms with Crippen molar-refractivity contribution in [3.8, 4) is 11.5 Å². The minimum atomic E-state index is -0.361. The van der Waals surface area contributed by atoms with Crippen molar-refractivity contribution in [3.63, 3.8) is 0 Å². The number of rotatable bonds is 4. The Bertz CT molecular complexity index is 1190. The minimum absolute atomic E-state index is 0.0358. The number of fused-ring (bicyclic) bond motifs is 1. The van der Waals surface area contributed by atoms with Gasteiger partial charge in [0.2, 0.25) is 0 Å². The Hall–Kier alpha value is -3.82. The molecule has 1 atom stereocenters. The molecule has 5 rings (SSSR count). The van der Waals surface area contributed by atoms with Crippen LogP contribution in [0.4, 0.5) is 10.2 Å². The maximum Gasteiger partial charge on any atom is 0.257 e. The number of carbonyl (C=O) groups excluding carboxylic acids is 1. The van der Waals surface area contributed by atoms with Gasteiger partial charge in [0.15, 0.2) is 5.82 Å². The number of aromatic amines is 1. The molecule has 0 bridgehead atoms. The van der Waals surface area contributed by atoms with Crippen molar-refractivity contribution >= 4 is 17.4 Å². The Morgan fingerprint density at radius 3 is 3.03 bits per heavy atom. The first-order valence-electron chi connectivity index (χ1n) is 9.68. The second kappa shape index (κ2) is 7.54. The number of halogens is 1. The molecular formula is C20H19FN8O. The quantitative estimate of drug-likeness (QED) is 0.539. The fourth-order valence-corrected chi connectivity index (χ4v) is 3.72. The Labute approximate surface area is 171 Å². The molecule has 1 saturated heterocycles. The van der Waals surface area contributed by atoms with Gasteiger partial charge in [0.05, 0.1) is 18.0 Å². The number of imidazole rings is 1. The van der Waals surface area contributed by atoms with Crippen LogP contribution in [0.15, 0.2) is 49.2 Å². The molecule has 1 amide bonds. The van der Waals surface area contributed by atoms with Gasteiger partial charge in [0, 0.05) is 37.7 Å². The van der Waals surface area contributed by atoms with E-state index in [9.17, 15) is 9.18 Å². The van der Waals surface area contributed by atoms with Crippen LogP contribution in [0.2, 0.25) is 0 Å². The molecule has 4 aromatic heterocycles. The van der Waals surface area contributed by atoms with Crippen LogP contribution in [0.3, 0.4) is 0 Å². The Balaban J connectivity index is 1.34. The zero-order valence-corrected chi connectivity index (χ0v) is 16.0. The normalized spacial score (nSPS) is 16.7. The molecule has 1 aliphatic heterocycles. The molecule has 1 fully saturated rings. The molecular weight excluding hydrogens is 387 g/mol. The monoisotopic (exact) mass is 406 g/mol. The third-order valence-electron chi connectivity index (χ3n) is 5.16. The van der Waals surface area contributed by atoms with Crippen molar-refractivity contribution in [2.75, 3.05) is 18.4 Å². The van der Waals surface area contributed by atoms with Gasteiger partial charge in [-0.2, -0.15) is 5.10 Å². The Morgan fingerprint density at radius 2 is 2.17 bits per heavy atom. The molecule has 1 aliphatic rings. The number of piperidine rings is 1. The van der Waals surface area contributed by atoms with Crippen LogP contribution in [-0.4, -0.2) is 59.5 Å². The molecule has 0 aromatic carbocycles. The third kappa shape index (κ3) is 3.47. The highest BCUT2D eigenvalue weighted by atomic mass is 19.1. The number of amides is 1. The van der Waals surface area contributed by atoms with Gasteiger partial charge in [-0.3, -0.25) is 14.3 Å². The summed E-state index contributed by atoms with van der Waals surface area (Å²) in [6.07, 6.45) is 9.60. The summed E-state index contributed by atoms with van der Waals surface area (Å²) in [6, 6.07) is 4.82. The van der Waals surface area contributed by atoms with Crippen LogP contribution in [0.25, 0.3) is 17.2 Å². The predicted octanol–water partition coefficient (Wildman–Crippen LogP) is 2.37. The number of hydrogen-bond acceptors (Lipinski definition) is 6. The van der Waals surface area contributed by atoms with Crippen molar-refractivity contribution in [2.24, 2.45) is 0 Å². The Morgan fingerprint density at radius 1 is 1.23 bits per heavy atom. The van der Waals surface area contributed by atoms with Crippen molar-refractivity contribution in [3.05, 3.63) is 60.6 Å². The van der Waals surface area contributed by atoms with Crippen LogP contribution in [0.1, 0.15) is 23.2 Å². The number of H-pyrrole nitrogens is 1. The van der Waals surface area contributed by atoms with Gasteiger partial charge in [-0.15, -0.1) is 0 Å². The van der Waals surface area contributed by atoms with Gasteiger partial charge in [-0.05, 0) is 31.0 Å². The van der Waals surface area contributed by atoms with E-state index in [1.54, 1.807) is 35.1 Å². The van der Waals surface area contributed by atoms with Crippen LogP contribution in [0.5, 0.6) is 0 Å². The lowest BCUT2D eigenvalue weighted by Gasteiger charge is -2.33. The lowest BCUT2D eigenvalue weighted by Crippen LogP contribution is -2.45. The van der Waals surface area contributed by atoms with E-state index in [0.717, 1.165) is 12.8 Å². The summed E-state index contributed by atoms with van der Waals surface area (Å²) in [5.41, 5.74) is 1.78. The number of nitrogens with zero attached hydrogens (tertiary/aromatic N) is 6. The Kier molecular flexibility index (Phi) is 4.58. The molecule has 0 aliphatic carbocycles. The molecule has 9 nitrogen and oxygen atoms in total. The fourth-order valence-electron chi connectivity index (χ4n) is 3.72. The molecule has 5 heterocycles. The number of anilines is 1. The van der Waals surface area contributed by atoms with Crippen LogP contribution in [-0.2, 0) is 0 Å². The van der Waals surface area contributed by atoms with E-state index >= 15 is 0 Å². The van der Waals surface area contributed by atoms with Gasteiger partial charge in [-0.1, -0.05) is 0 Å². The van der Waals surface area contributed by atoms with Crippen LogP contribution in [0, 0.1) is 5.82 Å². The highest BCUT2D eigenvalue weighted by Crippen LogP contribution is 2.21. The number of nitrogens with one attached hydrogen (secondary N) is 2. The van der Waals surface area contributed by atoms with E-state index in [-0.39, 0.29) is 17.8 Å². The average molecular weight is 406 g/mol. The minimum Gasteiger partial charge on any atom is -0.365 e. The van der Waals surface area contributed by atoms with Gasteiger partial charge in [-0.25, -0.2) is 19.3 Å². The number of hydrogen-bond donors (Lipinski definition) is 2. The van der Waals surface area contributed by atoms with E-state index < -0.39 is 0 Å². The molecule has 1 unspecified atom stereocenters. The second-order valence-electron chi connectivity index (χ2n) is 7.21. The summed E-state index contributed by atoms with van der Waals surface area (Å²) >= 11 is 0. The van der Waals surface area contributed by atoms with Crippen LogP contribution >= 0.6 is 0 Å². The van der Waals surface area contributed by atoms with Crippen molar-refractivity contribution < 1.29 is 9.18 Å². The summed E-state index contributed by atoms with van der Waals surface area (Å²) in [5, 5.41) is 9.93. The molecule has 10 heteroatoms. The average Bonchev–Trinajstić information content (AvgIpc) is 3.43. The standard InChI is InChI=1S/C20H19FN8O/c21-14-3-4-18-23-10-16(29(18)11-14)19-22-6-5-17(27-19)26-15-2-1-7-28(12-15)20(30)13-8-24-25-9-13/h3-6,8-11,15H,1-2,7,12H2,(H,24,25)(H,22,26,27). The number of aromatic nitrogens is 6. The van der Waals surface area contributed by atoms with E-state index in [2.05, 4.69) is 30.5 Å². The lowest BCUT2D eigenvalue weighted by molar-refractivity contribution is 0.0715. The predicted molar refractivity (Wildman–Crippen MR) is 107 cm³/mol. The summed E-state index contributed by atoms with van der Waals surface area (Å²) < 4.78 is 15.3. The SMILES string of the molecule is O=C(c1cn[nH]c1)N1CCCC(Nc2ccnc(-c3cnc4ccc(F)cn34)n2)C1. The van der Waals surface area contributed by atoms with Gasteiger partial charge in [0.1, 0.15) is 23.0 Å². The van der Waals surface area contributed by atoms with Crippen molar-refractivity contribution in [2.45, 2.75) is 18.9 Å². The first kappa shape index (κ1) is 18.2.